The molecular formula is C30H41N3O4. The van der Waals surface area contributed by atoms with E-state index in [0.29, 0.717) is 0 Å². The van der Waals surface area contributed by atoms with E-state index in [1.165, 1.54) is 18.4 Å². The van der Waals surface area contributed by atoms with Crippen LogP contribution in [0.25, 0.3) is 0 Å². The summed E-state index contributed by atoms with van der Waals surface area (Å²) in [5.41, 5.74) is 2.41. The lowest BCUT2D eigenvalue weighted by molar-refractivity contribution is -0.120. The third kappa shape index (κ3) is 6.11. The number of aliphatic hydroxyl groups excluding tert-OH is 1. The van der Waals surface area contributed by atoms with Crippen LogP contribution < -0.4 is 14.4 Å². The van der Waals surface area contributed by atoms with E-state index in [9.17, 15) is 9.90 Å². The molecule has 3 atom stereocenters. The number of aliphatic hydroxyl groups is 1. The van der Waals surface area contributed by atoms with Gasteiger partial charge in [0.05, 0.1) is 13.2 Å². The van der Waals surface area contributed by atoms with Gasteiger partial charge in [0.15, 0.2) is 17.8 Å². The molecule has 0 amide bonds. The number of nitrogens with zero attached hydrogens (tertiary/aromatic N) is 3. The zero-order valence-electron chi connectivity index (χ0n) is 22.0. The van der Waals surface area contributed by atoms with E-state index in [1.54, 1.807) is 7.11 Å². The number of hydrogen-bond acceptors (Lipinski definition) is 7. The van der Waals surface area contributed by atoms with Crippen molar-refractivity contribution in [2.45, 2.75) is 56.8 Å². The van der Waals surface area contributed by atoms with Crippen LogP contribution in [0.1, 0.15) is 37.7 Å². The summed E-state index contributed by atoms with van der Waals surface area (Å²) in [5, 5.41) is 9.65. The summed E-state index contributed by atoms with van der Waals surface area (Å²) in [4.78, 5) is 19.5. The fourth-order valence-corrected chi connectivity index (χ4v) is 6.29. The highest BCUT2D eigenvalue weighted by Gasteiger charge is 2.37. The second-order valence-electron chi connectivity index (χ2n) is 10.8. The average molecular weight is 508 g/mol. The summed E-state index contributed by atoms with van der Waals surface area (Å²) in [6, 6.07) is 17.0. The summed E-state index contributed by atoms with van der Waals surface area (Å²) in [7, 11) is 1.70. The van der Waals surface area contributed by atoms with E-state index < -0.39 is 0 Å². The minimum atomic E-state index is -0.260. The molecule has 2 saturated heterocycles. The number of benzene rings is 2. The number of aldehydes is 1. The van der Waals surface area contributed by atoms with Crippen LogP contribution in [0.15, 0.2) is 48.5 Å². The highest BCUT2D eigenvalue weighted by Crippen LogP contribution is 2.36. The van der Waals surface area contributed by atoms with Crippen LogP contribution in [-0.2, 0) is 11.2 Å². The molecule has 2 aromatic carbocycles. The van der Waals surface area contributed by atoms with Gasteiger partial charge in [-0.2, -0.15) is 0 Å². The number of carbonyl (C=O) groups is 1. The van der Waals surface area contributed by atoms with Crippen molar-refractivity contribution in [2.24, 2.45) is 5.92 Å². The molecule has 7 nitrogen and oxygen atoms in total. The van der Waals surface area contributed by atoms with Gasteiger partial charge in [0.1, 0.15) is 6.17 Å². The molecule has 0 bridgehead atoms. The van der Waals surface area contributed by atoms with E-state index in [-0.39, 0.29) is 30.8 Å². The molecule has 3 aliphatic rings. The van der Waals surface area contributed by atoms with Crippen LogP contribution in [-0.4, -0.2) is 85.9 Å². The number of piperazine rings is 1. The predicted octanol–water partition coefficient (Wildman–Crippen LogP) is 3.59. The molecule has 1 saturated carbocycles. The minimum absolute atomic E-state index is 0.181. The van der Waals surface area contributed by atoms with Gasteiger partial charge < -0.3 is 24.3 Å². The first-order valence-electron chi connectivity index (χ1n) is 13.9. The van der Waals surface area contributed by atoms with Gasteiger partial charge in [-0.3, -0.25) is 9.80 Å². The zero-order valence-corrected chi connectivity index (χ0v) is 22.0. The van der Waals surface area contributed by atoms with Crippen molar-refractivity contribution in [3.8, 4) is 11.5 Å². The Hall–Kier alpha value is -2.61. The Morgan fingerprint density at radius 1 is 1.00 bits per heavy atom. The molecule has 0 spiro atoms. The number of ether oxygens (including phenoxy) is 2. The molecule has 0 radical (unpaired) electrons. The van der Waals surface area contributed by atoms with E-state index >= 15 is 0 Å². The van der Waals surface area contributed by atoms with Gasteiger partial charge >= 0.3 is 0 Å². The Morgan fingerprint density at radius 3 is 2.51 bits per heavy atom. The molecule has 1 unspecified atom stereocenters. The second-order valence-corrected chi connectivity index (χ2v) is 10.8. The van der Waals surface area contributed by atoms with Crippen molar-refractivity contribution in [3.05, 3.63) is 54.1 Å². The molecule has 2 heterocycles. The fourth-order valence-electron chi connectivity index (χ4n) is 6.29. The van der Waals surface area contributed by atoms with Gasteiger partial charge in [-0.15, -0.1) is 0 Å². The van der Waals surface area contributed by atoms with Crippen LogP contribution in [0.3, 0.4) is 0 Å². The number of likely N-dealkylation sites (tertiary alicyclic amines) is 1. The van der Waals surface area contributed by atoms with Crippen molar-refractivity contribution in [1.29, 1.82) is 0 Å². The Kier molecular flexibility index (Phi) is 8.64. The zero-order chi connectivity index (χ0) is 25.6. The normalized spacial score (nSPS) is 24.3. The summed E-state index contributed by atoms with van der Waals surface area (Å²) in [5.74, 6) is 1.87. The molecule has 2 aromatic rings. The molecule has 7 heteroatoms. The predicted molar refractivity (Wildman–Crippen MR) is 145 cm³/mol. The van der Waals surface area contributed by atoms with Crippen LogP contribution in [0.5, 0.6) is 11.5 Å². The standard InChI is InChI=1S/C30H41N3O4/c1-36-28-12-11-25(18-29(28)37-27-9-5-6-10-27)31-15-16-33(26(20-31)17-23-7-3-2-4-8-23)30(22-35)32-14-13-24(19-32)21-34/h2-4,7-8,11-12,18,22,24,26-27,30,34H,5-6,9-10,13-17,19-21H2,1H3/t24-,26+,30?/m1/s1. The second kappa shape index (κ2) is 12.3. The quantitative estimate of drug-likeness (QED) is 0.493. The molecule has 2 aliphatic heterocycles. The van der Waals surface area contributed by atoms with Crippen molar-refractivity contribution in [1.82, 2.24) is 9.80 Å². The molecule has 1 aliphatic carbocycles. The maximum absolute atomic E-state index is 12.4. The lowest BCUT2D eigenvalue weighted by Crippen LogP contribution is -2.61. The van der Waals surface area contributed by atoms with Crippen molar-refractivity contribution < 1.29 is 19.4 Å². The average Bonchev–Trinajstić information content (AvgIpc) is 3.63. The first-order chi connectivity index (χ1) is 18.2. The molecule has 0 aromatic heterocycles. The SMILES string of the molecule is COc1ccc(N2CCN(C(C=O)N3CC[C@@H](CO)C3)[C@@H](Cc3ccccc3)C2)cc1OC1CCCC1. The third-order valence-corrected chi connectivity index (χ3v) is 8.36. The van der Waals surface area contributed by atoms with Crippen molar-refractivity contribution in [3.63, 3.8) is 0 Å². The summed E-state index contributed by atoms with van der Waals surface area (Å²) < 4.78 is 12.0. The van der Waals surface area contributed by atoms with Crippen molar-refractivity contribution >= 4 is 12.0 Å². The third-order valence-electron chi connectivity index (χ3n) is 8.36. The Labute approximate surface area is 221 Å². The number of rotatable bonds is 10. The lowest BCUT2D eigenvalue weighted by atomic mass is 10.0. The van der Waals surface area contributed by atoms with Gasteiger partial charge in [0, 0.05) is 57.1 Å². The highest BCUT2D eigenvalue weighted by molar-refractivity contribution is 5.59. The highest BCUT2D eigenvalue weighted by atomic mass is 16.5. The minimum Gasteiger partial charge on any atom is -0.493 e. The molecule has 1 N–H and O–H groups in total. The molecule has 3 fully saturated rings. The van der Waals surface area contributed by atoms with E-state index in [1.807, 2.05) is 12.1 Å². The molecule has 200 valence electrons. The molecule has 5 rings (SSSR count). The van der Waals surface area contributed by atoms with Crippen molar-refractivity contribution in [2.75, 3.05) is 51.3 Å². The Bertz CT molecular complexity index is 1010. The maximum atomic E-state index is 12.4. The van der Waals surface area contributed by atoms with Gasteiger partial charge in [-0.05, 0) is 62.1 Å². The number of hydrogen-bond donors (Lipinski definition) is 1. The number of anilines is 1. The summed E-state index contributed by atoms with van der Waals surface area (Å²) in [6.45, 7) is 4.28. The first-order valence-corrected chi connectivity index (χ1v) is 13.9. The number of methoxy groups -OCH3 is 1. The Morgan fingerprint density at radius 2 is 1.81 bits per heavy atom. The summed E-state index contributed by atoms with van der Waals surface area (Å²) in [6.07, 6.45) is 7.59. The topological polar surface area (TPSA) is 65.5 Å². The van der Waals surface area contributed by atoms with Crippen LogP contribution >= 0.6 is 0 Å². The monoisotopic (exact) mass is 507 g/mol. The van der Waals surface area contributed by atoms with Crippen LogP contribution in [0, 0.1) is 5.92 Å². The lowest BCUT2D eigenvalue weighted by Gasteiger charge is -2.47. The molecular weight excluding hydrogens is 466 g/mol. The van der Waals surface area contributed by atoms with Crippen LogP contribution in [0.2, 0.25) is 0 Å². The Balaban J connectivity index is 1.37. The molecule has 37 heavy (non-hydrogen) atoms. The summed E-state index contributed by atoms with van der Waals surface area (Å²) >= 11 is 0. The van der Waals surface area contributed by atoms with Gasteiger partial charge in [0.2, 0.25) is 0 Å². The maximum Gasteiger partial charge on any atom is 0.163 e. The van der Waals surface area contributed by atoms with Gasteiger partial charge in [-0.1, -0.05) is 30.3 Å². The smallest absolute Gasteiger partial charge is 0.163 e. The largest absolute Gasteiger partial charge is 0.493 e. The first kappa shape index (κ1) is 26.0. The fraction of sp³-hybridized carbons (Fsp3) is 0.567. The van der Waals surface area contributed by atoms with Crippen LogP contribution in [0.4, 0.5) is 5.69 Å². The number of carbonyl (C=O) groups excluding carboxylic acids is 1. The van der Waals surface area contributed by atoms with E-state index in [0.717, 1.165) is 81.9 Å². The van der Waals surface area contributed by atoms with E-state index in [4.69, 9.17) is 9.47 Å². The van der Waals surface area contributed by atoms with Gasteiger partial charge in [0.25, 0.3) is 0 Å². The van der Waals surface area contributed by atoms with Gasteiger partial charge in [-0.25, -0.2) is 0 Å². The van der Waals surface area contributed by atoms with E-state index in [2.05, 4.69) is 51.1 Å².